The van der Waals surface area contributed by atoms with Gasteiger partial charge in [0.2, 0.25) is 0 Å². The fraction of sp³-hybridized carbons (Fsp3) is 0. The Kier molecular flexibility index (Phi) is 16.2. The molecule has 22 aromatic rings. The predicted octanol–water partition coefficient (Wildman–Crippen LogP) is 29.1. The van der Waals surface area contributed by atoms with Crippen molar-refractivity contribution in [1.29, 1.82) is 0 Å². The Labute approximate surface area is 649 Å². The molecule has 22 rings (SSSR count). The first-order valence-corrected chi connectivity index (χ1v) is 38.5. The molecule has 4 nitrogen and oxygen atoms in total. The highest BCUT2D eigenvalue weighted by molar-refractivity contribution is 6.16. The number of rotatable bonds is 12. The van der Waals surface area contributed by atoms with E-state index in [9.17, 15) is 0 Å². The van der Waals surface area contributed by atoms with Crippen LogP contribution >= 0.6 is 0 Å². The zero-order valence-corrected chi connectivity index (χ0v) is 61.4. The number of hydrogen-bond donors (Lipinski definition) is 0. The maximum atomic E-state index is 2.49. The second-order valence-corrected chi connectivity index (χ2v) is 29.1. The summed E-state index contributed by atoms with van der Waals surface area (Å²) < 4.78 is 9.74. The molecule has 18 aromatic carbocycles. The van der Waals surface area contributed by atoms with Gasteiger partial charge >= 0.3 is 0 Å². The minimum absolute atomic E-state index is 1.16. The van der Waals surface area contributed by atoms with Gasteiger partial charge in [-0.05, 0) is 175 Å². The molecule has 0 saturated heterocycles. The second kappa shape index (κ2) is 27.7. The van der Waals surface area contributed by atoms with Crippen LogP contribution in [0.4, 0.5) is 0 Å². The lowest BCUT2D eigenvalue weighted by Crippen LogP contribution is -2.00. The average molecular weight is 1430 g/mol. The van der Waals surface area contributed by atoms with Gasteiger partial charge in [0.05, 0.1) is 55.5 Å². The number of nitrogens with zero attached hydrogens (tertiary/aromatic N) is 4. The smallest absolute Gasteiger partial charge is 0.0618 e. The molecule has 524 valence electrons. The third-order valence-corrected chi connectivity index (χ3v) is 22.7. The number of aromatic nitrogens is 4. The summed E-state index contributed by atoms with van der Waals surface area (Å²) in [7, 11) is 0. The van der Waals surface area contributed by atoms with E-state index in [4.69, 9.17) is 0 Å². The van der Waals surface area contributed by atoms with E-state index in [0.29, 0.717) is 0 Å². The number of fused-ring (bicyclic) bond motifs is 12. The van der Waals surface area contributed by atoms with Crippen LogP contribution in [0.3, 0.4) is 0 Å². The van der Waals surface area contributed by atoms with E-state index in [-0.39, 0.29) is 0 Å². The predicted molar refractivity (Wildman–Crippen MR) is 474 cm³/mol. The molecule has 4 heterocycles. The van der Waals surface area contributed by atoms with Crippen molar-refractivity contribution in [3.8, 4) is 112 Å². The largest absolute Gasteiger partial charge is 0.309 e. The van der Waals surface area contributed by atoms with Crippen molar-refractivity contribution in [2.24, 2.45) is 0 Å². The van der Waals surface area contributed by atoms with Crippen LogP contribution in [0.1, 0.15) is 0 Å². The fourth-order valence-corrected chi connectivity index (χ4v) is 17.4. The van der Waals surface area contributed by atoms with Crippen molar-refractivity contribution in [3.63, 3.8) is 0 Å². The van der Waals surface area contributed by atoms with E-state index >= 15 is 0 Å². The van der Waals surface area contributed by atoms with Gasteiger partial charge in [-0.15, -0.1) is 0 Å². The number of benzene rings is 18. The van der Waals surface area contributed by atoms with Crippen LogP contribution in [0.5, 0.6) is 0 Å². The first-order chi connectivity index (χ1) is 55.6. The first kappa shape index (κ1) is 65.5. The van der Waals surface area contributed by atoms with Crippen molar-refractivity contribution in [2.45, 2.75) is 0 Å². The zero-order valence-electron chi connectivity index (χ0n) is 61.4. The van der Waals surface area contributed by atoms with Gasteiger partial charge in [-0.3, -0.25) is 0 Å². The third-order valence-electron chi connectivity index (χ3n) is 22.7. The Hall–Kier alpha value is -14.8. The highest BCUT2D eigenvalue weighted by Crippen LogP contribution is 2.46. The topological polar surface area (TPSA) is 19.7 Å². The molecule has 0 aliphatic rings. The molecular formula is C108H72N4. The van der Waals surface area contributed by atoms with Crippen LogP contribution in [0.25, 0.3) is 199 Å². The molecule has 0 aliphatic carbocycles. The fourth-order valence-electron chi connectivity index (χ4n) is 17.4. The minimum Gasteiger partial charge on any atom is -0.309 e. The van der Waals surface area contributed by atoms with Gasteiger partial charge < -0.3 is 18.3 Å². The van der Waals surface area contributed by atoms with E-state index in [1.807, 2.05) is 0 Å². The van der Waals surface area contributed by atoms with Gasteiger partial charge in [-0.1, -0.05) is 334 Å². The lowest BCUT2D eigenvalue weighted by Gasteiger charge is -2.19. The van der Waals surface area contributed by atoms with Crippen LogP contribution < -0.4 is 0 Å². The van der Waals surface area contributed by atoms with Gasteiger partial charge in [0.1, 0.15) is 0 Å². The highest BCUT2D eigenvalue weighted by Gasteiger charge is 2.24. The zero-order chi connectivity index (χ0) is 74.0. The van der Waals surface area contributed by atoms with Crippen molar-refractivity contribution in [1.82, 2.24) is 18.3 Å². The van der Waals surface area contributed by atoms with E-state index < -0.39 is 0 Å². The molecule has 112 heavy (non-hydrogen) atoms. The van der Waals surface area contributed by atoms with Gasteiger partial charge in [0.15, 0.2) is 0 Å². The SMILES string of the molecule is c1ccc(-c2ccc(-n3c4ccccc4c4cc(-c5ccc6c(c5)c5ccccc5n6-c5c(-c6ccccc6)cccc5-c5ccccc5)ccc43)cc2)cc1.c1ccc(-c2ccc(-n3c4ccccc4c4cc(-c5ccc6c(c5)c5ccccc5n6-c5cc(-c6ccccc6)ccc5-c5ccccc5)ccc43)cc2)cc1. The Morgan fingerprint density at radius 2 is 0.366 bits per heavy atom. The summed E-state index contributed by atoms with van der Waals surface area (Å²) in [5.74, 6) is 0. The number of hydrogen-bond acceptors (Lipinski definition) is 0. The van der Waals surface area contributed by atoms with Crippen molar-refractivity contribution in [3.05, 3.63) is 437 Å². The van der Waals surface area contributed by atoms with Crippen LogP contribution in [-0.2, 0) is 0 Å². The Balaban J connectivity index is 0.000000141. The molecular weight excluding hydrogens is 1350 g/mol. The van der Waals surface area contributed by atoms with Crippen LogP contribution in [0.15, 0.2) is 437 Å². The molecule has 0 unspecified atom stereocenters. The van der Waals surface area contributed by atoms with E-state index in [2.05, 4.69) is 455 Å². The van der Waals surface area contributed by atoms with Crippen LogP contribution in [-0.4, -0.2) is 18.3 Å². The molecule has 0 atom stereocenters. The molecule has 4 heteroatoms. The molecule has 0 bridgehead atoms. The van der Waals surface area contributed by atoms with Gasteiger partial charge in [0, 0.05) is 71.2 Å². The Bertz CT molecular complexity index is 7240. The van der Waals surface area contributed by atoms with Crippen molar-refractivity contribution < 1.29 is 0 Å². The summed E-state index contributed by atoms with van der Waals surface area (Å²) in [4.78, 5) is 0. The first-order valence-electron chi connectivity index (χ1n) is 38.5. The Morgan fingerprint density at radius 1 is 0.125 bits per heavy atom. The minimum atomic E-state index is 1.16. The maximum absolute atomic E-state index is 2.49. The maximum Gasteiger partial charge on any atom is 0.0618 e. The van der Waals surface area contributed by atoms with Gasteiger partial charge in [0.25, 0.3) is 0 Å². The van der Waals surface area contributed by atoms with E-state index in [1.54, 1.807) is 0 Å². The molecule has 0 amide bonds. The molecule has 0 saturated carbocycles. The highest BCUT2D eigenvalue weighted by atomic mass is 15.0. The molecule has 0 aliphatic heterocycles. The number of para-hydroxylation sites is 5. The van der Waals surface area contributed by atoms with Crippen LogP contribution in [0, 0.1) is 0 Å². The third kappa shape index (κ3) is 11.4. The molecule has 0 spiro atoms. The summed E-state index contributed by atoms with van der Waals surface area (Å²) in [6.45, 7) is 0. The quantitative estimate of drug-likeness (QED) is 0.116. The van der Waals surface area contributed by atoms with Crippen LogP contribution in [0.2, 0.25) is 0 Å². The second-order valence-electron chi connectivity index (χ2n) is 29.1. The van der Waals surface area contributed by atoms with Crippen molar-refractivity contribution in [2.75, 3.05) is 0 Å². The summed E-state index contributed by atoms with van der Waals surface area (Å²) in [5, 5.41) is 9.95. The standard InChI is InChI=1S/2C54H36N2/c1-4-15-37(16-5-1)38-27-31-43(32-28-38)55-50-25-12-10-21-46(50)48-35-41(29-33-52(48)55)42-30-34-53-49(36-42)47-22-11-13-26-51(47)56(53)54-44(39-17-6-2-7-18-39)23-14-24-45(54)40-19-8-3-9-20-40;1-4-14-37(15-5-1)39-24-29-44(30-25-39)55-50-22-12-10-20-46(50)48-34-41(27-32-52(48)55)42-28-33-53-49(35-42)47-21-11-13-23-51(47)56(53)54-36-43(38-16-6-2-7-17-38)26-31-45(54)40-18-8-3-9-19-40/h2*1-36H. The Morgan fingerprint density at radius 3 is 0.732 bits per heavy atom. The molecule has 0 N–H and O–H groups in total. The summed E-state index contributed by atoms with van der Waals surface area (Å²) in [5.41, 5.74) is 33.5. The monoisotopic (exact) mass is 1420 g/mol. The van der Waals surface area contributed by atoms with E-state index in [0.717, 1.165) is 11.4 Å². The molecule has 0 fully saturated rings. The van der Waals surface area contributed by atoms with E-state index in [1.165, 1.54) is 188 Å². The summed E-state index contributed by atoms with van der Waals surface area (Å²) >= 11 is 0. The summed E-state index contributed by atoms with van der Waals surface area (Å²) in [6, 6.07) is 159. The normalized spacial score (nSPS) is 11.6. The van der Waals surface area contributed by atoms with Gasteiger partial charge in [-0.2, -0.15) is 0 Å². The lowest BCUT2D eigenvalue weighted by molar-refractivity contribution is 1.18. The molecule has 4 aromatic heterocycles. The summed E-state index contributed by atoms with van der Waals surface area (Å²) in [6.07, 6.45) is 0. The van der Waals surface area contributed by atoms with Crippen molar-refractivity contribution >= 4 is 87.2 Å². The average Bonchev–Trinajstić information content (AvgIpc) is 1.57. The lowest BCUT2D eigenvalue weighted by atomic mass is 9.95. The molecule has 0 radical (unpaired) electrons. The van der Waals surface area contributed by atoms with Gasteiger partial charge in [-0.25, -0.2) is 0 Å².